The first-order valence-electron chi connectivity index (χ1n) is 7.26. The van der Waals surface area contributed by atoms with Gasteiger partial charge < -0.3 is 14.5 Å². The Hall–Kier alpha value is -2.58. The van der Waals surface area contributed by atoms with E-state index in [9.17, 15) is 10.1 Å². The number of nitrogens with zero attached hydrogens (tertiary/aromatic N) is 1. The number of carbonyl (C=O) groups excluding carboxylic acids is 1. The number of hydrogen-bond acceptors (Lipinski definition) is 4. The molecule has 1 amide bonds. The summed E-state index contributed by atoms with van der Waals surface area (Å²) in [5.74, 6) is 0.0865. The highest BCUT2D eigenvalue weighted by atomic mass is 16.5. The maximum absolute atomic E-state index is 12.1. The third-order valence-corrected chi connectivity index (χ3v) is 3.61. The minimum absolute atomic E-state index is 0.0250. The van der Waals surface area contributed by atoms with Crippen LogP contribution in [0.25, 0.3) is 17.0 Å². The van der Waals surface area contributed by atoms with Crippen LogP contribution in [0.2, 0.25) is 0 Å². The summed E-state index contributed by atoms with van der Waals surface area (Å²) in [5.41, 5.74) is 0.753. The van der Waals surface area contributed by atoms with Gasteiger partial charge in [0, 0.05) is 24.6 Å². The summed E-state index contributed by atoms with van der Waals surface area (Å²) in [6.45, 7) is 1.17. The largest absolute Gasteiger partial charge is 0.457 e. The number of nitriles is 1. The lowest BCUT2D eigenvalue weighted by molar-refractivity contribution is -0.117. The van der Waals surface area contributed by atoms with Crippen molar-refractivity contribution in [2.45, 2.75) is 18.9 Å². The predicted octanol–water partition coefficient (Wildman–Crippen LogP) is 2.63. The van der Waals surface area contributed by atoms with Gasteiger partial charge in [-0.3, -0.25) is 4.79 Å². The Morgan fingerprint density at radius 1 is 1.45 bits per heavy atom. The SMILES string of the molecule is N#C/C(=C\c1cc2ccccc2o1)C(=O)NCC1CCCO1. The molecule has 5 nitrogen and oxygen atoms in total. The molecule has 1 aliphatic rings. The average molecular weight is 296 g/mol. The molecule has 1 saturated heterocycles. The van der Waals surface area contributed by atoms with Crippen molar-refractivity contribution >= 4 is 23.0 Å². The first kappa shape index (κ1) is 14.4. The molecule has 1 fully saturated rings. The van der Waals surface area contributed by atoms with E-state index in [-0.39, 0.29) is 11.7 Å². The molecule has 1 N–H and O–H groups in total. The van der Waals surface area contributed by atoms with Gasteiger partial charge in [0.1, 0.15) is 23.0 Å². The monoisotopic (exact) mass is 296 g/mol. The first-order chi connectivity index (χ1) is 10.8. The van der Waals surface area contributed by atoms with Crippen LogP contribution in [0.3, 0.4) is 0 Å². The number of benzene rings is 1. The Balaban J connectivity index is 1.71. The topological polar surface area (TPSA) is 75.3 Å². The molecule has 1 aliphatic heterocycles. The molecule has 112 valence electrons. The lowest BCUT2D eigenvalue weighted by Gasteiger charge is -2.09. The van der Waals surface area contributed by atoms with Crippen LogP contribution in [0.1, 0.15) is 18.6 Å². The number of hydrogen-bond donors (Lipinski definition) is 1. The molecule has 0 radical (unpaired) electrons. The molecule has 22 heavy (non-hydrogen) atoms. The maximum Gasteiger partial charge on any atom is 0.262 e. The van der Waals surface area contributed by atoms with Gasteiger partial charge in [-0.25, -0.2) is 0 Å². The van der Waals surface area contributed by atoms with E-state index < -0.39 is 5.91 Å². The Morgan fingerprint density at radius 2 is 2.32 bits per heavy atom. The molecule has 0 aliphatic carbocycles. The normalized spacial score (nSPS) is 18.3. The van der Waals surface area contributed by atoms with Gasteiger partial charge >= 0.3 is 0 Å². The zero-order valence-corrected chi connectivity index (χ0v) is 12.0. The van der Waals surface area contributed by atoms with E-state index >= 15 is 0 Å². The molecular formula is C17H16N2O3. The molecule has 5 heteroatoms. The van der Waals surface area contributed by atoms with E-state index in [4.69, 9.17) is 9.15 Å². The van der Waals surface area contributed by atoms with Gasteiger partial charge in [-0.15, -0.1) is 0 Å². The summed E-state index contributed by atoms with van der Waals surface area (Å²) in [6, 6.07) is 11.3. The third kappa shape index (κ3) is 3.18. The van der Waals surface area contributed by atoms with Crippen LogP contribution >= 0.6 is 0 Å². The van der Waals surface area contributed by atoms with Crippen molar-refractivity contribution < 1.29 is 13.9 Å². The first-order valence-corrected chi connectivity index (χ1v) is 7.26. The molecule has 0 bridgehead atoms. The highest BCUT2D eigenvalue weighted by Gasteiger charge is 2.17. The van der Waals surface area contributed by atoms with Gasteiger partial charge in [0.25, 0.3) is 5.91 Å². The number of ether oxygens (including phenoxy) is 1. The Labute approximate surface area is 128 Å². The van der Waals surface area contributed by atoms with Gasteiger partial charge in [-0.1, -0.05) is 18.2 Å². The zero-order valence-electron chi connectivity index (χ0n) is 12.0. The molecule has 3 rings (SSSR count). The fraction of sp³-hybridized carbons (Fsp3) is 0.294. The van der Waals surface area contributed by atoms with Crippen molar-refractivity contribution in [3.63, 3.8) is 0 Å². The second-order valence-corrected chi connectivity index (χ2v) is 5.20. The van der Waals surface area contributed by atoms with E-state index in [1.165, 1.54) is 6.08 Å². The Kier molecular flexibility index (Phi) is 4.22. The fourth-order valence-electron chi connectivity index (χ4n) is 2.47. The number of para-hydroxylation sites is 1. The van der Waals surface area contributed by atoms with E-state index in [1.807, 2.05) is 30.3 Å². The van der Waals surface area contributed by atoms with Crippen molar-refractivity contribution in [2.24, 2.45) is 0 Å². The lowest BCUT2D eigenvalue weighted by Crippen LogP contribution is -2.32. The quantitative estimate of drug-likeness (QED) is 0.695. The molecule has 2 aromatic rings. The van der Waals surface area contributed by atoms with Gasteiger partial charge in [0.05, 0.1) is 6.10 Å². The van der Waals surface area contributed by atoms with Crippen molar-refractivity contribution in [1.29, 1.82) is 5.26 Å². The van der Waals surface area contributed by atoms with Crippen molar-refractivity contribution in [3.8, 4) is 6.07 Å². The van der Waals surface area contributed by atoms with Crippen molar-refractivity contribution in [3.05, 3.63) is 41.7 Å². The molecule has 2 heterocycles. The molecular weight excluding hydrogens is 280 g/mol. The van der Waals surface area contributed by atoms with Gasteiger partial charge in [-0.05, 0) is 25.0 Å². The number of fused-ring (bicyclic) bond motifs is 1. The van der Waals surface area contributed by atoms with Crippen LogP contribution in [0, 0.1) is 11.3 Å². The molecule has 1 aromatic heterocycles. The highest BCUT2D eigenvalue weighted by Crippen LogP contribution is 2.20. The summed E-state index contributed by atoms with van der Waals surface area (Å²) in [7, 11) is 0. The zero-order chi connectivity index (χ0) is 15.4. The molecule has 0 spiro atoms. The highest BCUT2D eigenvalue weighted by molar-refractivity contribution is 6.01. The molecule has 1 atom stereocenters. The Bertz CT molecular complexity index is 716. The predicted molar refractivity (Wildman–Crippen MR) is 81.8 cm³/mol. The van der Waals surface area contributed by atoms with E-state index in [0.29, 0.717) is 12.3 Å². The minimum Gasteiger partial charge on any atom is -0.457 e. The van der Waals surface area contributed by atoms with Gasteiger partial charge in [0.2, 0.25) is 0 Å². The van der Waals surface area contributed by atoms with Crippen LogP contribution in [-0.4, -0.2) is 25.2 Å². The van der Waals surface area contributed by atoms with Crippen LogP contribution in [0.4, 0.5) is 0 Å². The van der Waals surface area contributed by atoms with Crippen LogP contribution in [0.5, 0.6) is 0 Å². The minimum atomic E-state index is -0.404. The number of nitrogens with one attached hydrogen (secondary N) is 1. The number of amides is 1. The molecule has 1 aromatic carbocycles. The van der Waals surface area contributed by atoms with E-state index in [1.54, 1.807) is 6.07 Å². The van der Waals surface area contributed by atoms with E-state index in [0.717, 1.165) is 30.4 Å². The second-order valence-electron chi connectivity index (χ2n) is 5.20. The number of furan rings is 1. The van der Waals surface area contributed by atoms with Crippen molar-refractivity contribution in [1.82, 2.24) is 5.32 Å². The Morgan fingerprint density at radius 3 is 3.05 bits per heavy atom. The third-order valence-electron chi connectivity index (χ3n) is 3.61. The summed E-state index contributed by atoms with van der Waals surface area (Å²) < 4.78 is 11.0. The van der Waals surface area contributed by atoms with E-state index in [2.05, 4.69) is 5.32 Å². The van der Waals surface area contributed by atoms with Gasteiger partial charge in [0.15, 0.2) is 0 Å². The number of rotatable bonds is 4. The van der Waals surface area contributed by atoms with Crippen LogP contribution in [0.15, 0.2) is 40.3 Å². The summed E-state index contributed by atoms with van der Waals surface area (Å²) in [4.78, 5) is 12.1. The molecule has 0 saturated carbocycles. The van der Waals surface area contributed by atoms with Crippen LogP contribution < -0.4 is 5.32 Å². The summed E-state index contributed by atoms with van der Waals surface area (Å²) >= 11 is 0. The average Bonchev–Trinajstić information content (AvgIpc) is 3.18. The lowest BCUT2D eigenvalue weighted by atomic mass is 10.2. The smallest absolute Gasteiger partial charge is 0.262 e. The summed E-state index contributed by atoms with van der Waals surface area (Å²) in [5, 5.41) is 12.8. The second kappa shape index (κ2) is 6.46. The maximum atomic E-state index is 12.1. The fourth-order valence-corrected chi connectivity index (χ4v) is 2.47. The summed E-state index contributed by atoms with van der Waals surface area (Å²) in [6.07, 6.45) is 3.47. The van der Waals surface area contributed by atoms with Crippen molar-refractivity contribution in [2.75, 3.05) is 13.2 Å². The van der Waals surface area contributed by atoms with Crippen LogP contribution in [-0.2, 0) is 9.53 Å². The standard InChI is InChI=1S/C17H16N2O3/c18-10-13(17(20)19-11-14-5-3-7-21-14)9-15-8-12-4-1-2-6-16(12)22-15/h1-2,4,6,8-9,14H,3,5,7,11H2,(H,19,20)/b13-9+. The number of carbonyl (C=O) groups is 1. The molecule has 1 unspecified atom stereocenters. The van der Waals surface area contributed by atoms with Gasteiger partial charge in [-0.2, -0.15) is 5.26 Å².